The van der Waals surface area contributed by atoms with E-state index in [1.807, 2.05) is 0 Å². The number of carbonyl (C=O) groups is 1. The molecule has 114 valence electrons. The van der Waals surface area contributed by atoms with Crippen LogP contribution in [0, 0.1) is 0 Å². The zero-order valence-corrected chi connectivity index (χ0v) is 13.5. The van der Waals surface area contributed by atoms with Gasteiger partial charge in [0.05, 0.1) is 23.2 Å². The predicted octanol–water partition coefficient (Wildman–Crippen LogP) is 1.46. The third-order valence-electron chi connectivity index (χ3n) is 2.99. The molecule has 1 aromatic heterocycles. The molecule has 0 bridgehead atoms. The van der Waals surface area contributed by atoms with E-state index in [1.54, 1.807) is 18.4 Å². The van der Waals surface area contributed by atoms with Crippen LogP contribution in [0.25, 0.3) is 0 Å². The van der Waals surface area contributed by atoms with Crippen molar-refractivity contribution in [2.75, 3.05) is 20.2 Å². The van der Waals surface area contributed by atoms with Crippen molar-refractivity contribution in [3.8, 4) is 0 Å². The van der Waals surface area contributed by atoms with Crippen molar-refractivity contribution < 1.29 is 9.53 Å². The second-order valence-electron chi connectivity index (χ2n) is 5.77. The van der Waals surface area contributed by atoms with E-state index in [0.717, 1.165) is 17.1 Å². The van der Waals surface area contributed by atoms with Crippen molar-refractivity contribution in [2.45, 2.75) is 45.1 Å². The Balaban J connectivity index is 2.34. The Morgan fingerprint density at radius 3 is 2.75 bits per heavy atom. The number of hydrogen-bond acceptors (Lipinski definition) is 5. The first-order valence-electron chi connectivity index (χ1n) is 6.81. The summed E-state index contributed by atoms with van der Waals surface area (Å²) in [5.74, 6) is -0.0325. The molecule has 1 heterocycles. The first-order valence-corrected chi connectivity index (χ1v) is 7.69. The van der Waals surface area contributed by atoms with Crippen molar-refractivity contribution in [3.63, 3.8) is 0 Å². The third-order valence-corrected chi connectivity index (χ3v) is 3.90. The van der Waals surface area contributed by atoms with Crippen LogP contribution in [0.15, 0.2) is 5.38 Å². The Bertz CT molecular complexity index is 422. The minimum absolute atomic E-state index is 0.0325. The van der Waals surface area contributed by atoms with Crippen molar-refractivity contribution in [3.05, 3.63) is 16.1 Å². The summed E-state index contributed by atoms with van der Waals surface area (Å²) in [5.41, 5.74) is 6.66. The molecule has 1 amide bonds. The molecule has 1 unspecified atom stereocenters. The maximum atomic E-state index is 11.7. The number of thiazole rings is 1. The van der Waals surface area contributed by atoms with Gasteiger partial charge in [0.1, 0.15) is 0 Å². The summed E-state index contributed by atoms with van der Waals surface area (Å²) in [4.78, 5) is 16.3. The average Bonchev–Trinajstić information content (AvgIpc) is 2.84. The number of nitrogens with zero attached hydrogens (tertiary/aromatic N) is 1. The molecule has 20 heavy (non-hydrogen) atoms. The van der Waals surface area contributed by atoms with Crippen LogP contribution in [0.3, 0.4) is 0 Å². The van der Waals surface area contributed by atoms with Gasteiger partial charge in [-0.1, -0.05) is 20.8 Å². The van der Waals surface area contributed by atoms with Crippen LogP contribution in [-0.2, 0) is 21.4 Å². The standard InChI is InChI=1S/C14H25N3O2S/c1-14(2,3)11-9-20-13(17-11)5-6-16-12(18)7-10(8-15)19-4/h9-10H,5-8,15H2,1-4H3,(H,16,18). The van der Waals surface area contributed by atoms with Crippen LogP contribution in [0.4, 0.5) is 0 Å². The lowest BCUT2D eigenvalue weighted by Gasteiger charge is -2.14. The quantitative estimate of drug-likeness (QED) is 0.799. The molecule has 6 heteroatoms. The van der Waals surface area contributed by atoms with Gasteiger partial charge in [-0.05, 0) is 0 Å². The summed E-state index contributed by atoms with van der Waals surface area (Å²) in [7, 11) is 1.56. The van der Waals surface area contributed by atoms with E-state index >= 15 is 0 Å². The molecule has 0 aliphatic heterocycles. The summed E-state index contributed by atoms with van der Waals surface area (Å²) in [5, 5.41) is 6.01. The van der Waals surface area contributed by atoms with E-state index < -0.39 is 0 Å². The minimum Gasteiger partial charge on any atom is -0.380 e. The minimum atomic E-state index is -0.206. The number of rotatable bonds is 7. The number of nitrogens with two attached hydrogens (primary N) is 1. The number of aromatic nitrogens is 1. The van der Waals surface area contributed by atoms with E-state index in [0.29, 0.717) is 19.5 Å². The topological polar surface area (TPSA) is 77.2 Å². The van der Waals surface area contributed by atoms with Gasteiger partial charge >= 0.3 is 0 Å². The highest BCUT2D eigenvalue weighted by Crippen LogP contribution is 2.23. The predicted molar refractivity (Wildman–Crippen MR) is 82.0 cm³/mol. The largest absolute Gasteiger partial charge is 0.380 e. The number of hydrogen-bond donors (Lipinski definition) is 2. The molecule has 0 fully saturated rings. The molecule has 0 aliphatic carbocycles. The maximum Gasteiger partial charge on any atom is 0.222 e. The van der Waals surface area contributed by atoms with Crippen LogP contribution in [0.5, 0.6) is 0 Å². The summed E-state index contributed by atoms with van der Waals surface area (Å²) < 4.78 is 5.08. The highest BCUT2D eigenvalue weighted by molar-refractivity contribution is 7.09. The molecule has 5 nitrogen and oxygen atoms in total. The fourth-order valence-electron chi connectivity index (χ4n) is 1.62. The normalized spacial score (nSPS) is 13.2. The van der Waals surface area contributed by atoms with Gasteiger partial charge in [-0.2, -0.15) is 0 Å². The lowest BCUT2D eigenvalue weighted by Crippen LogP contribution is -2.33. The molecule has 3 N–H and O–H groups in total. The molecule has 1 rings (SSSR count). The molecule has 0 saturated carbocycles. The SMILES string of the molecule is COC(CN)CC(=O)NCCc1nc(C(C)(C)C)cs1. The molecule has 1 atom stereocenters. The molecular formula is C14H25N3O2S. The van der Waals surface area contributed by atoms with Crippen molar-refractivity contribution in [1.29, 1.82) is 0 Å². The Morgan fingerprint density at radius 1 is 1.55 bits per heavy atom. The number of methoxy groups -OCH3 is 1. The Morgan fingerprint density at radius 2 is 2.25 bits per heavy atom. The van der Waals surface area contributed by atoms with E-state index in [-0.39, 0.29) is 17.4 Å². The van der Waals surface area contributed by atoms with Crippen molar-refractivity contribution in [1.82, 2.24) is 10.3 Å². The van der Waals surface area contributed by atoms with Crippen molar-refractivity contribution in [2.24, 2.45) is 5.73 Å². The van der Waals surface area contributed by atoms with Crippen LogP contribution in [0.1, 0.15) is 37.9 Å². The first-order chi connectivity index (χ1) is 9.36. The van der Waals surface area contributed by atoms with Crippen LogP contribution >= 0.6 is 11.3 Å². The molecule has 0 spiro atoms. The Hall–Kier alpha value is -0.980. The second kappa shape index (κ2) is 7.71. The molecule has 0 aliphatic rings. The van der Waals surface area contributed by atoms with Gasteiger partial charge in [0.2, 0.25) is 5.91 Å². The van der Waals surface area contributed by atoms with Gasteiger partial charge in [0.25, 0.3) is 0 Å². The third kappa shape index (κ3) is 5.56. The van der Waals surface area contributed by atoms with Gasteiger partial charge in [0, 0.05) is 37.4 Å². The zero-order valence-electron chi connectivity index (χ0n) is 12.7. The maximum absolute atomic E-state index is 11.7. The number of carbonyl (C=O) groups excluding carboxylic acids is 1. The van der Waals surface area contributed by atoms with E-state index in [9.17, 15) is 4.79 Å². The van der Waals surface area contributed by atoms with Gasteiger partial charge in [-0.3, -0.25) is 4.79 Å². The number of amides is 1. The van der Waals surface area contributed by atoms with Gasteiger partial charge in [-0.25, -0.2) is 4.98 Å². The van der Waals surface area contributed by atoms with Gasteiger partial charge in [0.15, 0.2) is 0 Å². The molecule has 1 aromatic rings. The summed E-state index contributed by atoms with van der Waals surface area (Å²) >= 11 is 1.64. The van der Waals surface area contributed by atoms with Crippen LogP contribution < -0.4 is 11.1 Å². The molecular weight excluding hydrogens is 274 g/mol. The average molecular weight is 299 g/mol. The van der Waals surface area contributed by atoms with Crippen molar-refractivity contribution >= 4 is 17.2 Å². The van der Waals surface area contributed by atoms with Gasteiger partial charge in [-0.15, -0.1) is 11.3 Å². The van der Waals surface area contributed by atoms with Gasteiger partial charge < -0.3 is 15.8 Å². The molecule has 0 radical (unpaired) electrons. The monoisotopic (exact) mass is 299 g/mol. The fourth-order valence-corrected chi connectivity index (χ4v) is 2.65. The molecule has 0 saturated heterocycles. The lowest BCUT2D eigenvalue weighted by atomic mass is 9.93. The summed E-state index contributed by atoms with van der Waals surface area (Å²) in [6, 6.07) is 0. The molecule has 0 aromatic carbocycles. The smallest absolute Gasteiger partial charge is 0.222 e. The highest BCUT2D eigenvalue weighted by atomic mass is 32.1. The van der Waals surface area contributed by atoms with E-state index in [4.69, 9.17) is 10.5 Å². The number of nitrogens with one attached hydrogen (secondary N) is 1. The lowest BCUT2D eigenvalue weighted by molar-refractivity contribution is -0.123. The van der Waals surface area contributed by atoms with Crippen LogP contribution in [0.2, 0.25) is 0 Å². The number of ether oxygens (including phenoxy) is 1. The first kappa shape index (κ1) is 17.1. The van der Waals surface area contributed by atoms with E-state index in [2.05, 4.69) is 36.5 Å². The summed E-state index contributed by atoms with van der Waals surface area (Å²) in [6.45, 7) is 7.38. The zero-order chi connectivity index (χ0) is 15.2. The fraction of sp³-hybridized carbons (Fsp3) is 0.714. The highest BCUT2D eigenvalue weighted by Gasteiger charge is 2.17. The Kier molecular flexibility index (Phi) is 6.58. The second-order valence-corrected chi connectivity index (χ2v) is 6.72. The Labute approximate surface area is 124 Å². The van der Waals surface area contributed by atoms with Crippen LogP contribution in [-0.4, -0.2) is 37.2 Å². The van der Waals surface area contributed by atoms with E-state index in [1.165, 1.54) is 0 Å². The summed E-state index contributed by atoms with van der Waals surface area (Å²) in [6.07, 6.45) is 0.854.